The minimum absolute atomic E-state index is 0.867. The van der Waals surface area contributed by atoms with Gasteiger partial charge >= 0.3 is 0 Å². The van der Waals surface area contributed by atoms with Crippen LogP contribution in [0.5, 0.6) is 0 Å². The van der Waals surface area contributed by atoms with Crippen LogP contribution >= 0.6 is 0 Å². The first kappa shape index (κ1) is 20.9. The van der Waals surface area contributed by atoms with Crippen LogP contribution in [0.25, 0.3) is 66.2 Å². The van der Waals surface area contributed by atoms with Gasteiger partial charge in [-0.05, 0) is 77.5 Å². The molecule has 8 rings (SSSR count). The van der Waals surface area contributed by atoms with Crippen LogP contribution < -0.4 is 0 Å². The smallest absolute Gasteiger partial charge is 0.0887 e. The van der Waals surface area contributed by atoms with Gasteiger partial charge in [0.25, 0.3) is 0 Å². The fourth-order valence-electron chi connectivity index (χ4n) is 5.69. The molecule has 0 saturated carbocycles. The summed E-state index contributed by atoms with van der Waals surface area (Å²) < 4.78 is 4.58. The van der Waals surface area contributed by atoms with Crippen LogP contribution in [0.3, 0.4) is 0 Å². The largest absolute Gasteiger partial charge is 0.317 e. The maximum atomic E-state index is 4.77. The summed E-state index contributed by atoms with van der Waals surface area (Å²) in [6.45, 7) is 0. The zero-order valence-corrected chi connectivity index (χ0v) is 20.5. The number of nitrogens with zero attached hydrogens (tertiary/aromatic N) is 4. The molecule has 38 heavy (non-hydrogen) atoms. The number of hydrogen-bond donors (Lipinski definition) is 0. The van der Waals surface area contributed by atoms with Crippen molar-refractivity contribution in [1.29, 1.82) is 0 Å². The Morgan fingerprint density at radius 1 is 0.474 bits per heavy atom. The van der Waals surface area contributed by atoms with Crippen molar-refractivity contribution in [3.05, 3.63) is 134 Å². The van der Waals surface area contributed by atoms with E-state index in [1.807, 2.05) is 24.4 Å². The van der Waals surface area contributed by atoms with Crippen LogP contribution in [0.4, 0.5) is 0 Å². The molecule has 178 valence electrons. The molecule has 0 unspecified atom stereocenters. The lowest BCUT2D eigenvalue weighted by Gasteiger charge is -2.10. The molecule has 4 heteroatoms. The second-order valence-electron chi connectivity index (χ2n) is 9.58. The van der Waals surface area contributed by atoms with Crippen molar-refractivity contribution in [2.24, 2.45) is 0 Å². The molecule has 0 bridgehead atoms. The molecule has 0 amide bonds. The Morgan fingerprint density at radius 3 is 2.13 bits per heavy atom. The molecule has 4 nitrogen and oxygen atoms in total. The van der Waals surface area contributed by atoms with E-state index < -0.39 is 0 Å². The Kier molecular flexibility index (Phi) is 4.49. The fraction of sp³-hybridized carbons (Fsp3) is 0. The van der Waals surface area contributed by atoms with Crippen molar-refractivity contribution in [2.45, 2.75) is 0 Å². The number of pyridine rings is 2. The highest BCUT2D eigenvalue weighted by molar-refractivity contribution is 6.18. The first-order valence-corrected chi connectivity index (χ1v) is 12.8. The monoisotopic (exact) mass is 486 g/mol. The van der Waals surface area contributed by atoms with Crippen molar-refractivity contribution in [3.8, 4) is 22.8 Å². The summed E-state index contributed by atoms with van der Waals surface area (Å²) in [4.78, 5) is 9.22. The molecule has 0 N–H and O–H groups in total. The van der Waals surface area contributed by atoms with Gasteiger partial charge < -0.3 is 9.13 Å². The van der Waals surface area contributed by atoms with Crippen molar-refractivity contribution >= 4 is 43.5 Å². The standard InChI is InChI=1S/C34H22N4/c1-2-8-24(9-3-1)37-19-17-27-28-21-29-26-10-4-5-12-33(26)38(34(29)20-23(28)13-16-32(27)37)25-14-15-31(36-22-25)30-11-6-7-18-35-30/h1-22H. The summed E-state index contributed by atoms with van der Waals surface area (Å²) in [5.74, 6) is 0. The first-order chi connectivity index (χ1) is 18.8. The Hall–Kier alpha value is -5.22. The molecule has 4 aromatic carbocycles. The van der Waals surface area contributed by atoms with Gasteiger partial charge in [-0.2, -0.15) is 0 Å². The summed E-state index contributed by atoms with van der Waals surface area (Å²) in [5, 5.41) is 6.21. The minimum Gasteiger partial charge on any atom is -0.317 e. The highest BCUT2D eigenvalue weighted by Gasteiger charge is 2.15. The van der Waals surface area contributed by atoms with E-state index in [0.29, 0.717) is 0 Å². The van der Waals surface area contributed by atoms with Crippen molar-refractivity contribution in [2.75, 3.05) is 0 Å². The molecular formula is C34H22N4. The zero-order valence-electron chi connectivity index (χ0n) is 20.5. The molecule has 4 heterocycles. The second-order valence-corrected chi connectivity index (χ2v) is 9.58. The molecule has 8 aromatic rings. The normalized spacial score (nSPS) is 11.7. The summed E-state index contributed by atoms with van der Waals surface area (Å²) >= 11 is 0. The molecule has 0 atom stereocenters. The number of fused-ring (bicyclic) bond motifs is 6. The second kappa shape index (κ2) is 8.15. The van der Waals surface area contributed by atoms with Gasteiger partial charge in [0.05, 0.1) is 39.8 Å². The average molecular weight is 487 g/mol. The SMILES string of the molecule is c1ccc(-n2ccc3c4cc5c6ccccc6n(-c6ccc(-c7ccccn7)nc6)c5cc4ccc32)cc1. The molecule has 0 fully saturated rings. The van der Waals surface area contributed by atoms with Crippen molar-refractivity contribution in [3.63, 3.8) is 0 Å². The lowest BCUT2D eigenvalue weighted by Crippen LogP contribution is -1.96. The number of hydrogen-bond acceptors (Lipinski definition) is 2. The van der Waals surface area contributed by atoms with Gasteiger partial charge in [-0.25, -0.2) is 0 Å². The van der Waals surface area contributed by atoms with Gasteiger partial charge in [0, 0.05) is 34.2 Å². The van der Waals surface area contributed by atoms with Gasteiger partial charge in [-0.1, -0.05) is 48.5 Å². The molecule has 0 radical (unpaired) electrons. The third-order valence-electron chi connectivity index (χ3n) is 7.45. The van der Waals surface area contributed by atoms with Gasteiger partial charge in [-0.15, -0.1) is 0 Å². The van der Waals surface area contributed by atoms with Crippen LogP contribution in [0.2, 0.25) is 0 Å². The predicted molar refractivity (Wildman–Crippen MR) is 156 cm³/mol. The van der Waals surface area contributed by atoms with E-state index in [9.17, 15) is 0 Å². The Balaban J connectivity index is 1.36. The summed E-state index contributed by atoms with van der Waals surface area (Å²) in [6, 6.07) is 40.6. The van der Waals surface area contributed by atoms with E-state index in [0.717, 1.165) is 17.1 Å². The van der Waals surface area contributed by atoms with Crippen LogP contribution in [-0.4, -0.2) is 19.1 Å². The van der Waals surface area contributed by atoms with Gasteiger partial charge in [-0.3, -0.25) is 9.97 Å². The summed E-state index contributed by atoms with van der Waals surface area (Å²) in [6.07, 6.45) is 5.92. The molecule has 0 aliphatic rings. The van der Waals surface area contributed by atoms with Gasteiger partial charge in [0.2, 0.25) is 0 Å². The lowest BCUT2D eigenvalue weighted by molar-refractivity contribution is 1.13. The predicted octanol–water partition coefficient (Wildman–Crippen LogP) is 8.34. The van der Waals surface area contributed by atoms with Gasteiger partial charge in [0.15, 0.2) is 0 Å². The summed E-state index contributed by atoms with van der Waals surface area (Å²) in [7, 11) is 0. The number of para-hydroxylation sites is 2. The Bertz CT molecular complexity index is 2100. The fourth-order valence-corrected chi connectivity index (χ4v) is 5.69. The van der Waals surface area contributed by atoms with Crippen LogP contribution in [-0.2, 0) is 0 Å². The third kappa shape index (κ3) is 3.10. The third-order valence-corrected chi connectivity index (χ3v) is 7.45. The number of aromatic nitrogens is 4. The maximum absolute atomic E-state index is 4.77. The van der Waals surface area contributed by atoms with E-state index in [1.54, 1.807) is 6.20 Å². The lowest BCUT2D eigenvalue weighted by atomic mass is 10.0. The highest BCUT2D eigenvalue weighted by Crippen LogP contribution is 2.37. The van der Waals surface area contributed by atoms with Gasteiger partial charge in [0.1, 0.15) is 0 Å². The van der Waals surface area contributed by atoms with Crippen LogP contribution in [0, 0.1) is 0 Å². The van der Waals surface area contributed by atoms with E-state index >= 15 is 0 Å². The van der Waals surface area contributed by atoms with E-state index in [1.165, 1.54) is 49.2 Å². The number of rotatable bonds is 3. The minimum atomic E-state index is 0.867. The molecule has 0 spiro atoms. The molecule has 4 aromatic heterocycles. The van der Waals surface area contributed by atoms with Crippen LogP contribution in [0.1, 0.15) is 0 Å². The van der Waals surface area contributed by atoms with E-state index in [-0.39, 0.29) is 0 Å². The topological polar surface area (TPSA) is 35.6 Å². The van der Waals surface area contributed by atoms with Crippen LogP contribution in [0.15, 0.2) is 134 Å². The molecule has 0 aliphatic carbocycles. The summed E-state index contributed by atoms with van der Waals surface area (Å²) in [5.41, 5.74) is 7.50. The highest BCUT2D eigenvalue weighted by atomic mass is 15.0. The molecule has 0 saturated heterocycles. The quantitative estimate of drug-likeness (QED) is 0.252. The number of benzene rings is 4. The average Bonchev–Trinajstić information content (AvgIpc) is 3.57. The zero-order chi connectivity index (χ0) is 25.1. The first-order valence-electron chi connectivity index (χ1n) is 12.8. The van der Waals surface area contributed by atoms with E-state index in [2.05, 4.69) is 117 Å². The maximum Gasteiger partial charge on any atom is 0.0887 e. The van der Waals surface area contributed by atoms with E-state index in [4.69, 9.17) is 4.98 Å². The Labute approximate surface area is 219 Å². The molecule has 0 aliphatic heterocycles. The molecular weight excluding hydrogens is 464 g/mol. The van der Waals surface area contributed by atoms with Crippen molar-refractivity contribution in [1.82, 2.24) is 19.1 Å². The Morgan fingerprint density at radius 2 is 1.29 bits per heavy atom. The van der Waals surface area contributed by atoms with Crippen molar-refractivity contribution < 1.29 is 0 Å².